The molecule has 0 heterocycles. The van der Waals surface area contributed by atoms with Gasteiger partial charge in [-0.05, 0) is 17.9 Å². The molecule has 0 saturated carbocycles. The predicted octanol–water partition coefficient (Wildman–Crippen LogP) is 5.97. The third kappa shape index (κ3) is 24.7. The zero-order valence-corrected chi connectivity index (χ0v) is 21.6. The Hall–Kier alpha value is 0.410. The Bertz CT molecular complexity index is 536. The molecule has 1 atom stereocenters. The second-order valence-corrected chi connectivity index (χ2v) is 13.0. The van der Waals surface area contributed by atoms with Crippen LogP contribution in [0.25, 0.3) is 0 Å². The van der Waals surface area contributed by atoms with Gasteiger partial charge in [0.15, 0.2) is 0 Å². The molecule has 0 radical (unpaired) electrons. The first-order chi connectivity index (χ1) is 14.1. The molecule has 0 aliphatic heterocycles. The van der Waals surface area contributed by atoms with Gasteiger partial charge in [-0.15, -0.1) is 0 Å². The van der Waals surface area contributed by atoms with Crippen LogP contribution in [0.5, 0.6) is 0 Å². The van der Waals surface area contributed by atoms with Crippen LogP contribution < -0.4 is 0 Å². The van der Waals surface area contributed by atoms with Crippen molar-refractivity contribution in [2.75, 3.05) is 30.1 Å². The normalized spacial score (nSPS) is 13.6. The number of hydrogen-bond acceptors (Lipinski definition) is 5. The van der Waals surface area contributed by atoms with Gasteiger partial charge in [0.1, 0.15) is 9.84 Å². The zero-order chi connectivity index (χ0) is 22.7. The Kier molecular flexibility index (Phi) is 19.2. The molecule has 0 aromatic heterocycles. The third-order valence-electron chi connectivity index (χ3n) is 5.01. The number of sulfone groups is 1. The SMILES string of the molecule is CCCCCCCCCCCCCCCCSCC(COP(=O)(O)O)CS(C)(=O)=O. The highest BCUT2D eigenvalue weighted by Gasteiger charge is 2.21. The van der Waals surface area contributed by atoms with Crippen LogP contribution in [-0.4, -0.2) is 48.3 Å². The van der Waals surface area contributed by atoms with E-state index in [4.69, 9.17) is 9.79 Å². The smallest absolute Gasteiger partial charge is 0.303 e. The highest BCUT2D eigenvalue weighted by Crippen LogP contribution is 2.36. The lowest BCUT2D eigenvalue weighted by molar-refractivity contribution is 0.179. The fraction of sp³-hybridized carbons (Fsp3) is 1.00. The molecule has 1 unspecified atom stereocenters. The Morgan fingerprint density at radius 3 is 1.67 bits per heavy atom. The van der Waals surface area contributed by atoms with Gasteiger partial charge in [-0.25, -0.2) is 13.0 Å². The standard InChI is InChI=1S/C21H45O6PS2/c1-3-4-5-6-7-8-9-10-11-12-13-14-15-16-17-29-19-21(20-30(2,25)26)18-27-28(22,23)24/h21H,3-20H2,1-2H3,(H2,22,23,24). The van der Waals surface area contributed by atoms with Crippen LogP contribution >= 0.6 is 19.6 Å². The van der Waals surface area contributed by atoms with E-state index in [1.54, 1.807) is 11.8 Å². The number of rotatable bonds is 22. The lowest BCUT2D eigenvalue weighted by Crippen LogP contribution is -2.22. The lowest BCUT2D eigenvalue weighted by Gasteiger charge is -2.16. The van der Waals surface area contributed by atoms with Crippen molar-refractivity contribution in [3.05, 3.63) is 0 Å². The first-order valence-electron chi connectivity index (χ1n) is 11.6. The fourth-order valence-corrected chi connectivity index (χ4v) is 6.17. The molecule has 6 nitrogen and oxygen atoms in total. The molecule has 182 valence electrons. The largest absolute Gasteiger partial charge is 0.469 e. The van der Waals surface area contributed by atoms with E-state index >= 15 is 0 Å². The maximum absolute atomic E-state index is 11.5. The van der Waals surface area contributed by atoms with Crippen molar-refractivity contribution < 1.29 is 27.3 Å². The van der Waals surface area contributed by atoms with E-state index in [0.29, 0.717) is 5.75 Å². The molecule has 0 aliphatic carbocycles. The quantitative estimate of drug-likeness (QED) is 0.143. The average molecular weight is 489 g/mol. The molecule has 2 N–H and O–H groups in total. The summed E-state index contributed by atoms with van der Waals surface area (Å²) in [5, 5.41) is 0. The average Bonchev–Trinajstić information content (AvgIpc) is 2.64. The van der Waals surface area contributed by atoms with Gasteiger partial charge in [0.05, 0.1) is 12.4 Å². The second kappa shape index (κ2) is 18.9. The Balaban J connectivity index is 3.57. The summed E-state index contributed by atoms with van der Waals surface area (Å²) in [6, 6.07) is 0. The number of unbranched alkanes of at least 4 members (excludes halogenated alkanes) is 13. The van der Waals surface area contributed by atoms with Gasteiger partial charge in [-0.2, -0.15) is 11.8 Å². The summed E-state index contributed by atoms with van der Waals surface area (Å²) < 4.78 is 38.3. The highest BCUT2D eigenvalue weighted by molar-refractivity contribution is 7.99. The first-order valence-corrected chi connectivity index (χ1v) is 16.3. The summed E-state index contributed by atoms with van der Waals surface area (Å²) in [5.74, 6) is 0.961. The highest BCUT2D eigenvalue weighted by atomic mass is 32.2. The van der Waals surface area contributed by atoms with E-state index in [1.807, 2.05) is 0 Å². The molecule has 0 aliphatic rings. The van der Waals surface area contributed by atoms with Gasteiger partial charge >= 0.3 is 7.82 Å². The molecule has 0 fully saturated rings. The maximum Gasteiger partial charge on any atom is 0.469 e. The van der Waals surface area contributed by atoms with Crippen molar-refractivity contribution in [3.8, 4) is 0 Å². The van der Waals surface area contributed by atoms with Gasteiger partial charge in [-0.1, -0.05) is 90.4 Å². The van der Waals surface area contributed by atoms with Crippen molar-refractivity contribution in [2.24, 2.45) is 5.92 Å². The topological polar surface area (TPSA) is 101 Å². The molecule has 0 aromatic rings. The molecule has 0 bridgehead atoms. The summed E-state index contributed by atoms with van der Waals surface area (Å²) >= 11 is 1.64. The monoisotopic (exact) mass is 488 g/mol. The Morgan fingerprint density at radius 1 is 0.833 bits per heavy atom. The third-order valence-corrected chi connectivity index (χ3v) is 7.86. The van der Waals surface area contributed by atoms with Crippen LogP contribution in [0.1, 0.15) is 96.8 Å². The van der Waals surface area contributed by atoms with Crippen LogP contribution in [0.15, 0.2) is 0 Å². The van der Waals surface area contributed by atoms with Gasteiger partial charge in [0.2, 0.25) is 0 Å². The summed E-state index contributed by atoms with van der Waals surface area (Å²) in [6.45, 7) is 2.02. The van der Waals surface area contributed by atoms with E-state index < -0.39 is 23.6 Å². The van der Waals surface area contributed by atoms with Crippen LogP contribution in [-0.2, 0) is 18.9 Å². The number of thioether (sulfide) groups is 1. The number of hydrogen-bond donors (Lipinski definition) is 2. The molecule has 0 amide bonds. The minimum atomic E-state index is -4.57. The van der Waals surface area contributed by atoms with E-state index in [-0.39, 0.29) is 12.4 Å². The van der Waals surface area contributed by atoms with Crippen molar-refractivity contribution in [3.63, 3.8) is 0 Å². The molecule has 9 heteroatoms. The van der Waals surface area contributed by atoms with Crippen molar-refractivity contribution in [1.82, 2.24) is 0 Å². The van der Waals surface area contributed by atoms with Crippen LogP contribution in [0.2, 0.25) is 0 Å². The van der Waals surface area contributed by atoms with E-state index in [0.717, 1.165) is 18.4 Å². The van der Waals surface area contributed by atoms with Gasteiger partial charge in [0.25, 0.3) is 0 Å². The minimum Gasteiger partial charge on any atom is -0.303 e. The van der Waals surface area contributed by atoms with E-state index in [9.17, 15) is 13.0 Å². The molecule has 30 heavy (non-hydrogen) atoms. The van der Waals surface area contributed by atoms with E-state index in [1.165, 1.54) is 83.5 Å². The van der Waals surface area contributed by atoms with E-state index in [2.05, 4.69) is 11.4 Å². The summed E-state index contributed by atoms with van der Waals surface area (Å²) in [4.78, 5) is 17.6. The lowest BCUT2D eigenvalue weighted by atomic mass is 10.0. The molecular weight excluding hydrogens is 443 g/mol. The molecule has 0 spiro atoms. The van der Waals surface area contributed by atoms with Gasteiger partial charge in [0, 0.05) is 12.2 Å². The first kappa shape index (κ1) is 30.4. The van der Waals surface area contributed by atoms with Crippen molar-refractivity contribution in [2.45, 2.75) is 96.8 Å². The van der Waals surface area contributed by atoms with Crippen LogP contribution in [0, 0.1) is 5.92 Å². The van der Waals surface area contributed by atoms with Crippen LogP contribution in [0.3, 0.4) is 0 Å². The fourth-order valence-electron chi connectivity index (χ4n) is 3.42. The summed E-state index contributed by atoms with van der Waals surface area (Å²) in [7, 11) is -7.77. The Labute approximate surface area is 189 Å². The summed E-state index contributed by atoms with van der Waals surface area (Å²) in [6.07, 6.45) is 19.6. The van der Waals surface area contributed by atoms with Crippen molar-refractivity contribution in [1.29, 1.82) is 0 Å². The zero-order valence-electron chi connectivity index (χ0n) is 19.1. The second-order valence-electron chi connectivity index (χ2n) is 8.42. The van der Waals surface area contributed by atoms with Crippen molar-refractivity contribution >= 4 is 29.4 Å². The molecule has 0 saturated heterocycles. The van der Waals surface area contributed by atoms with Gasteiger partial charge < -0.3 is 9.79 Å². The van der Waals surface area contributed by atoms with Crippen LogP contribution in [0.4, 0.5) is 0 Å². The number of phosphoric ester groups is 1. The van der Waals surface area contributed by atoms with Gasteiger partial charge in [-0.3, -0.25) is 4.52 Å². The maximum atomic E-state index is 11.5. The predicted molar refractivity (Wildman–Crippen MR) is 129 cm³/mol. The number of phosphoric acid groups is 1. The minimum absolute atomic E-state index is 0.112. The molecule has 0 rings (SSSR count). The summed E-state index contributed by atoms with van der Waals surface area (Å²) in [5.41, 5.74) is 0. The Morgan fingerprint density at radius 2 is 1.27 bits per heavy atom. The molecule has 0 aromatic carbocycles. The molecular formula is C21H45O6PS2.